The molecule has 1 aromatic carbocycles. The molecule has 2 heterocycles. The predicted molar refractivity (Wildman–Crippen MR) is 85.2 cm³/mol. The van der Waals surface area contributed by atoms with Crippen molar-refractivity contribution in [3.05, 3.63) is 30.1 Å². The molecule has 1 saturated heterocycles. The normalized spacial score (nSPS) is 22.5. The van der Waals surface area contributed by atoms with Crippen molar-refractivity contribution in [1.82, 2.24) is 9.97 Å². The summed E-state index contributed by atoms with van der Waals surface area (Å²) in [6.07, 6.45) is 0. The Morgan fingerprint density at radius 1 is 1.33 bits per heavy atom. The minimum atomic E-state index is -1.09. The number of anilines is 1. The van der Waals surface area contributed by atoms with Crippen LogP contribution in [0.15, 0.2) is 24.3 Å². The van der Waals surface area contributed by atoms with E-state index < -0.39 is 5.97 Å². The van der Waals surface area contributed by atoms with E-state index in [1.165, 1.54) is 0 Å². The molecule has 0 aliphatic carbocycles. The molecule has 2 unspecified atom stereocenters. The Kier molecular flexibility index (Phi) is 3.71. The average molecular weight is 303 g/mol. The van der Waals surface area contributed by atoms with Crippen LogP contribution in [0.25, 0.3) is 10.9 Å². The van der Waals surface area contributed by atoms with Gasteiger partial charge in [-0.3, -0.25) is 0 Å². The van der Waals surface area contributed by atoms with Gasteiger partial charge in [0.1, 0.15) is 5.82 Å². The number of carbonyl (C=O) groups is 1. The largest absolute Gasteiger partial charge is 0.475 e. The zero-order valence-corrected chi connectivity index (χ0v) is 12.8. The molecule has 110 valence electrons. The molecule has 1 fully saturated rings. The van der Waals surface area contributed by atoms with Gasteiger partial charge in [0, 0.05) is 29.0 Å². The standard InChI is InChI=1S/C15H17N3O2S/c1-9-10(2)21-8-7-18(9)14-11-5-3-4-6-12(11)16-13(17-14)15(19)20/h3-6,9-10H,7-8H2,1-2H3,(H,19,20). The van der Waals surface area contributed by atoms with Gasteiger partial charge in [0.05, 0.1) is 5.52 Å². The zero-order valence-electron chi connectivity index (χ0n) is 12.0. The van der Waals surface area contributed by atoms with Gasteiger partial charge >= 0.3 is 5.97 Å². The smallest absolute Gasteiger partial charge is 0.374 e. The Hall–Kier alpha value is -1.82. The van der Waals surface area contributed by atoms with E-state index in [1.54, 1.807) is 0 Å². The highest BCUT2D eigenvalue weighted by molar-refractivity contribution is 8.00. The Labute approximate surface area is 127 Å². The van der Waals surface area contributed by atoms with Crippen LogP contribution < -0.4 is 4.90 Å². The molecule has 1 N–H and O–H groups in total. The Morgan fingerprint density at radius 3 is 2.86 bits per heavy atom. The second kappa shape index (κ2) is 5.52. The highest BCUT2D eigenvalue weighted by Crippen LogP contribution is 2.32. The van der Waals surface area contributed by atoms with Gasteiger partial charge in [-0.15, -0.1) is 0 Å². The van der Waals surface area contributed by atoms with Crippen molar-refractivity contribution in [2.24, 2.45) is 0 Å². The molecule has 0 amide bonds. The van der Waals surface area contributed by atoms with E-state index in [1.807, 2.05) is 36.0 Å². The number of hydrogen-bond donors (Lipinski definition) is 1. The van der Waals surface area contributed by atoms with Crippen molar-refractivity contribution in [2.45, 2.75) is 25.1 Å². The van der Waals surface area contributed by atoms with Gasteiger partial charge < -0.3 is 10.0 Å². The van der Waals surface area contributed by atoms with Crippen LogP contribution in [0.3, 0.4) is 0 Å². The number of aromatic nitrogens is 2. The number of aromatic carboxylic acids is 1. The first-order valence-corrected chi connectivity index (χ1v) is 8.01. The number of hydrogen-bond acceptors (Lipinski definition) is 5. The lowest BCUT2D eigenvalue weighted by Gasteiger charge is -2.38. The second-order valence-corrected chi connectivity index (χ2v) is 6.69. The molecular weight excluding hydrogens is 286 g/mol. The number of fused-ring (bicyclic) bond motifs is 1. The van der Waals surface area contributed by atoms with Crippen LogP contribution >= 0.6 is 11.8 Å². The average Bonchev–Trinajstić information content (AvgIpc) is 2.49. The first-order chi connectivity index (χ1) is 10.1. The monoisotopic (exact) mass is 303 g/mol. The fourth-order valence-electron chi connectivity index (χ4n) is 2.61. The van der Waals surface area contributed by atoms with E-state index >= 15 is 0 Å². The lowest BCUT2D eigenvalue weighted by Crippen LogP contribution is -2.45. The Morgan fingerprint density at radius 2 is 2.10 bits per heavy atom. The molecule has 1 aliphatic heterocycles. The number of rotatable bonds is 2. The third-order valence-corrected chi connectivity index (χ3v) is 5.27. The summed E-state index contributed by atoms with van der Waals surface area (Å²) in [5.74, 6) is 0.528. The molecule has 2 aromatic rings. The summed E-state index contributed by atoms with van der Waals surface area (Å²) < 4.78 is 0. The van der Waals surface area contributed by atoms with Gasteiger partial charge in [0.15, 0.2) is 0 Å². The third kappa shape index (κ3) is 2.55. The van der Waals surface area contributed by atoms with E-state index in [4.69, 9.17) is 0 Å². The van der Waals surface area contributed by atoms with Gasteiger partial charge in [0.25, 0.3) is 0 Å². The number of carboxylic acid groups (broad SMARTS) is 1. The molecule has 0 bridgehead atoms. The molecule has 1 aromatic heterocycles. The minimum absolute atomic E-state index is 0.137. The van der Waals surface area contributed by atoms with Gasteiger partial charge in [0.2, 0.25) is 5.82 Å². The van der Waals surface area contributed by atoms with E-state index in [-0.39, 0.29) is 5.82 Å². The summed E-state index contributed by atoms with van der Waals surface area (Å²) in [6, 6.07) is 7.89. The lowest BCUT2D eigenvalue weighted by molar-refractivity contribution is 0.0684. The fourth-order valence-corrected chi connectivity index (χ4v) is 3.71. The fraction of sp³-hybridized carbons (Fsp3) is 0.400. The summed E-state index contributed by atoms with van der Waals surface area (Å²) in [7, 11) is 0. The van der Waals surface area contributed by atoms with Crippen molar-refractivity contribution >= 4 is 34.5 Å². The molecule has 1 aliphatic rings. The van der Waals surface area contributed by atoms with Gasteiger partial charge in [-0.1, -0.05) is 19.1 Å². The van der Waals surface area contributed by atoms with Crippen LogP contribution in [0.2, 0.25) is 0 Å². The highest BCUT2D eigenvalue weighted by Gasteiger charge is 2.28. The van der Waals surface area contributed by atoms with Gasteiger partial charge in [-0.2, -0.15) is 11.8 Å². The molecule has 0 radical (unpaired) electrons. The quantitative estimate of drug-likeness (QED) is 0.920. The van der Waals surface area contributed by atoms with Crippen LogP contribution in [0.1, 0.15) is 24.5 Å². The predicted octanol–water partition coefficient (Wildman–Crippen LogP) is 2.66. The molecule has 2 atom stereocenters. The van der Waals surface area contributed by atoms with Gasteiger partial charge in [-0.25, -0.2) is 14.8 Å². The van der Waals surface area contributed by atoms with Crippen LogP contribution in [0.4, 0.5) is 5.82 Å². The van der Waals surface area contributed by atoms with Crippen molar-refractivity contribution in [1.29, 1.82) is 0 Å². The minimum Gasteiger partial charge on any atom is -0.475 e. The SMILES string of the molecule is CC1SCCN(c2nc(C(=O)O)nc3ccccc23)C1C. The Bertz CT molecular complexity index is 692. The molecular formula is C15H17N3O2S. The third-order valence-electron chi connectivity index (χ3n) is 3.93. The molecule has 3 rings (SSSR count). The van der Waals surface area contributed by atoms with Crippen LogP contribution in [-0.4, -0.2) is 44.6 Å². The second-order valence-electron chi connectivity index (χ2n) is 5.20. The number of benzene rings is 1. The molecule has 0 spiro atoms. The van der Waals surface area contributed by atoms with E-state index in [9.17, 15) is 9.90 Å². The maximum absolute atomic E-state index is 11.3. The number of carboxylic acids is 1. The zero-order chi connectivity index (χ0) is 15.0. The number of nitrogens with zero attached hydrogens (tertiary/aromatic N) is 3. The summed E-state index contributed by atoms with van der Waals surface area (Å²) in [5, 5.41) is 10.6. The maximum atomic E-state index is 11.3. The van der Waals surface area contributed by atoms with Crippen molar-refractivity contribution in [3.63, 3.8) is 0 Å². The molecule has 21 heavy (non-hydrogen) atoms. The van der Waals surface area contributed by atoms with E-state index in [0.29, 0.717) is 16.8 Å². The first-order valence-electron chi connectivity index (χ1n) is 6.96. The molecule has 0 saturated carbocycles. The maximum Gasteiger partial charge on any atom is 0.374 e. The van der Waals surface area contributed by atoms with Crippen molar-refractivity contribution in [2.75, 3.05) is 17.2 Å². The van der Waals surface area contributed by atoms with E-state index in [0.717, 1.165) is 23.5 Å². The van der Waals surface area contributed by atoms with Crippen LogP contribution in [0, 0.1) is 0 Å². The molecule has 5 nitrogen and oxygen atoms in total. The highest BCUT2D eigenvalue weighted by atomic mass is 32.2. The topological polar surface area (TPSA) is 66.3 Å². The van der Waals surface area contributed by atoms with Crippen LogP contribution in [-0.2, 0) is 0 Å². The number of thioether (sulfide) groups is 1. The number of para-hydroxylation sites is 1. The first kappa shape index (κ1) is 14.1. The van der Waals surface area contributed by atoms with Crippen LogP contribution in [0.5, 0.6) is 0 Å². The van der Waals surface area contributed by atoms with Gasteiger partial charge in [-0.05, 0) is 19.1 Å². The Balaban J connectivity index is 2.17. The van der Waals surface area contributed by atoms with Crippen molar-refractivity contribution < 1.29 is 9.90 Å². The summed E-state index contributed by atoms with van der Waals surface area (Å²) >= 11 is 1.94. The van der Waals surface area contributed by atoms with Crippen molar-refractivity contribution in [3.8, 4) is 0 Å². The molecule has 6 heteroatoms. The summed E-state index contributed by atoms with van der Waals surface area (Å²) in [6.45, 7) is 5.23. The summed E-state index contributed by atoms with van der Waals surface area (Å²) in [5.41, 5.74) is 0.679. The lowest BCUT2D eigenvalue weighted by atomic mass is 10.1. The summed E-state index contributed by atoms with van der Waals surface area (Å²) in [4.78, 5) is 21.9. The van der Waals surface area contributed by atoms with E-state index in [2.05, 4.69) is 28.7 Å².